The Kier molecular flexibility index (Phi) is 11.6. The largest absolute Gasteiger partial charge is 0.437 e. The summed E-state index contributed by atoms with van der Waals surface area (Å²) in [5, 5.41) is 0. The smallest absolute Gasteiger partial charge is 0.314 e. The molecule has 0 aromatic heterocycles. The van der Waals surface area contributed by atoms with Gasteiger partial charge in [0.1, 0.15) is 0 Å². The van der Waals surface area contributed by atoms with Crippen LogP contribution >= 0.6 is 0 Å². The summed E-state index contributed by atoms with van der Waals surface area (Å²) in [5.74, 6) is 0. The van der Waals surface area contributed by atoms with Crippen LogP contribution in [0.15, 0.2) is 12.7 Å². The zero-order chi connectivity index (χ0) is 24.1. The van der Waals surface area contributed by atoms with E-state index in [-0.39, 0.29) is 0 Å². The van der Waals surface area contributed by atoms with Crippen molar-refractivity contribution in [2.45, 2.75) is 110 Å². The minimum absolute atomic E-state index is 1.08. The molecule has 5 nitrogen and oxygen atoms in total. The SMILES string of the molecule is C=CCCCC[Si](C)(C)O[Si](C)(C)O[Si](C)(C)O[Si](C)(C)O[Si](C)(C)O[Si](C)(C)C. The van der Waals surface area contributed by atoms with Gasteiger partial charge in [-0.3, -0.25) is 0 Å². The van der Waals surface area contributed by atoms with Gasteiger partial charge in [0, 0.05) is 0 Å². The molecule has 0 saturated carbocycles. The van der Waals surface area contributed by atoms with Gasteiger partial charge in [0.15, 0.2) is 16.6 Å². The second-order valence-corrected chi connectivity index (χ2v) is 35.0. The Morgan fingerprint density at radius 1 is 0.533 bits per heavy atom. The Labute approximate surface area is 194 Å². The van der Waals surface area contributed by atoms with Crippen molar-refractivity contribution in [1.29, 1.82) is 0 Å². The summed E-state index contributed by atoms with van der Waals surface area (Å²) in [4.78, 5) is 0. The van der Waals surface area contributed by atoms with Crippen LogP contribution in [0.25, 0.3) is 0 Å². The molecule has 0 atom stereocenters. The van der Waals surface area contributed by atoms with Crippen LogP contribution in [-0.2, 0) is 20.6 Å². The predicted octanol–water partition coefficient (Wildman–Crippen LogP) is 7.27. The van der Waals surface area contributed by atoms with Gasteiger partial charge in [-0.1, -0.05) is 18.9 Å². The van der Waals surface area contributed by atoms with Crippen LogP contribution in [0.1, 0.15) is 19.3 Å². The molecular formula is C19H50O5Si6. The highest BCUT2D eigenvalue weighted by molar-refractivity contribution is 6.91. The molecule has 0 N–H and O–H groups in total. The molecule has 0 radical (unpaired) electrons. The molecule has 0 rings (SSSR count). The van der Waals surface area contributed by atoms with E-state index in [9.17, 15) is 0 Å². The van der Waals surface area contributed by atoms with Crippen molar-refractivity contribution in [1.82, 2.24) is 0 Å². The molecule has 0 saturated heterocycles. The molecule has 0 heterocycles. The molecular weight excluding hydrogens is 477 g/mol. The molecule has 0 bridgehead atoms. The van der Waals surface area contributed by atoms with Gasteiger partial charge in [-0.2, -0.15) is 0 Å². The fourth-order valence-electron chi connectivity index (χ4n) is 4.15. The standard InChI is InChI=1S/C19H50O5Si6/c1-15-16-17-18-19-26(5,6)21-28(9,10)23-30(13,14)24-29(11,12)22-27(7,8)20-25(2,3)4/h15H,1,16-19H2,2-14H3. The molecule has 0 aromatic rings. The second-order valence-electron chi connectivity index (χ2n) is 11.5. The quantitative estimate of drug-likeness (QED) is 0.127. The van der Waals surface area contributed by atoms with E-state index in [1.165, 1.54) is 12.8 Å². The van der Waals surface area contributed by atoms with E-state index >= 15 is 0 Å². The molecule has 180 valence electrons. The first-order valence-corrected chi connectivity index (χ1v) is 29.0. The molecule has 0 aliphatic heterocycles. The number of hydrogen-bond acceptors (Lipinski definition) is 5. The maximum Gasteiger partial charge on any atom is 0.314 e. The first-order chi connectivity index (χ1) is 13.1. The van der Waals surface area contributed by atoms with E-state index in [0.717, 1.165) is 12.5 Å². The molecule has 0 amide bonds. The topological polar surface area (TPSA) is 46.2 Å². The van der Waals surface area contributed by atoms with Gasteiger partial charge in [-0.15, -0.1) is 6.58 Å². The van der Waals surface area contributed by atoms with Crippen LogP contribution in [0.4, 0.5) is 0 Å². The van der Waals surface area contributed by atoms with Crippen molar-refractivity contribution < 1.29 is 20.6 Å². The van der Waals surface area contributed by atoms with Crippen LogP contribution in [0.3, 0.4) is 0 Å². The van der Waals surface area contributed by atoms with Crippen LogP contribution < -0.4 is 0 Å². The maximum atomic E-state index is 6.67. The first-order valence-electron chi connectivity index (χ1n) is 11.2. The molecule has 30 heavy (non-hydrogen) atoms. The van der Waals surface area contributed by atoms with Crippen LogP contribution in [0, 0.1) is 0 Å². The number of unbranched alkanes of at least 4 members (excludes halogenated alkanes) is 2. The summed E-state index contributed by atoms with van der Waals surface area (Å²) in [6.07, 6.45) is 5.45. The van der Waals surface area contributed by atoms with Crippen molar-refractivity contribution in [3.05, 3.63) is 12.7 Å². The Balaban J connectivity index is 4.99. The lowest BCUT2D eigenvalue weighted by molar-refractivity contribution is 0.282. The van der Waals surface area contributed by atoms with E-state index in [1.54, 1.807) is 0 Å². The van der Waals surface area contributed by atoms with Gasteiger partial charge in [-0.05, 0) is 97.6 Å². The van der Waals surface area contributed by atoms with Gasteiger partial charge in [0.2, 0.25) is 0 Å². The summed E-state index contributed by atoms with van der Waals surface area (Å²) >= 11 is 0. The van der Waals surface area contributed by atoms with E-state index in [2.05, 4.69) is 91.7 Å². The highest BCUT2D eigenvalue weighted by Crippen LogP contribution is 2.28. The normalized spacial score (nSPS) is 14.8. The van der Waals surface area contributed by atoms with Crippen LogP contribution in [0.2, 0.25) is 91.2 Å². The van der Waals surface area contributed by atoms with Crippen molar-refractivity contribution in [3.63, 3.8) is 0 Å². The lowest BCUT2D eigenvalue weighted by atomic mass is 10.2. The van der Waals surface area contributed by atoms with E-state index in [4.69, 9.17) is 20.6 Å². The monoisotopic (exact) mass is 526 g/mol. The van der Waals surface area contributed by atoms with Crippen LogP contribution in [-0.4, -0.2) is 50.9 Å². The van der Waals surface area contributed by atoms with E-state index in [1.807, 2.05) is 6.08 Å². The Bertz CT molecular complexity index is 544. The van der Waals surface area contributed by atoms with Gasteiger partial charge in [-0.25, -0.2) is 0 Å². The molecule has 11 heteroatoms. The third-order valence-electron chi connectivity index (χ3n) is 3.99. The average Bonchev–Trinajstić information content (AvgIpc) is 2.34. The summed E-state index contributed by atoms with van der Waals surface area (Å²) in [5.41, 5.74) is 0. The summed E-state index contributed by atoms with van der Waals surface area (Å²) in [6.45, 7) is 32.1. The zero-order valence-corrected chi connectivity index (χ0v) is 28.2. The summed E-state index contributed by atoms with van der Waals surface area (Å²) in [6, 6.07) is 1.15. The molecule has 0 unspecified atom stereocenters. The molecule has 0 aliphatic rings. The Morgan fingerprint density at radius 3 is 1.27 bits per heavy atom. The lowest BCUT2D eigenvalue weighted by Gasteiger charge is -2.43. The van der Waals surface area contributed by atoms with Crippen molar-refractivity contribution in [2.75, 3.05) is 0 Å². The zero-order valence-electron chi connectivity index (χ0n) is 22.2. The second kappa shape index (κ2) is 11.3. The fraction of sp³-hybridized carbons (Fsp3) is 0.895. The Hall–Kier alpha value is 0.841. The Morgan fingerprint density at radius 2 is 0.900 bits per heavy atom. The third kappa shape index (κ3) is 15.6. The number of allylic oxidation sites excluding steroid dienone is 1. The maximum absolute atomic E-state index is 6.67. The van der Waals surface area contributed by atoms with E-state index < -0.39 is 50.9 Å². The minimum atomic E-state index is -2.42. The highest BCUT2D eigenvalue weighted by Gasteiger charge is 2.46. The van der Waals surface area contributed by atoms with Crippen LogP contribution in [0.5, 0.6) is 0 Å². The van der Waals surface area contributed by atoms with Gasteiger partial charge >= 0.3 is 34.2 Å². The third-order valence-corrected chi connectivity index (χ3v) is 25.9. The fourth-order valence-corrected chi connectivity index (χ4v) is 33.3. The number of hydrogen-bond donors (Lipinski definition) is 0. The van der Waals surface area contributed by atoms with Gasteiger partial charge < -0.3 is 20.6 Å². The number of rotatable bonds is 15. The predicted molar refractivity (Wildman–Crippen MR) is 145 cm³/mol. The lowest BCUT2D eigenvalue weighted by Crippen LogP contribution is -2.59. The molecule has 0 spiro atoms. The average molecular weight is 527 g/mol. The van der Waals surface area contributed by atoms with Gasteiger partial charge in [0.05, 0.1) is 0 Å². The highest BCUT2D eigenvalue weighted by atomic mass is 28.5. The first kappa shape index (κ1) is 30.8. The van der Waals surface area contributed by atoms with Crippen molar-refractivity contribution in [2.24, 2.45) is 0 Å². The van der Waals surface area contributed by atoms with Crippen molar-refractivity contribution in [3.8, 4) is 0 Å². The summed E-state index contributed by atoms with van der Waals surface area (Å²) < 4.78 is 32.8. The molecule has 0 aliphatic carbocycles. The van der Waals surface area contributed by atoms with E-state index in [0.29, 0.717) is 0 Å². The minimum Gasteiger partial charge on any atom is -0.437 e. The van der Waals surface area contributed by atoms with Gasteiger partial charge in [0.25, 0.3) is 0 Å². The molecule has 0 fully saturated rings. The molecule has 0 aromatic carbocycles. The van der Waals surface area contributed by atoms with Crippen molar-refractivity contribution >= 4 is 50.9 Å². The summed E-state index contributed by atoms with van der Waals surface area (Å²) in [7, 11) is -12.8.